The summed E-state index contributed by atoms with van der Waals surface area (Å²) >= 11 is 18.5. The molecule has 1 aromatic carbocycles. The van der Waals surface area contributed by atoms with Crippen LogP contribution in [0, 0.1) is 6.92 Å². The maximum absolute atomic E-state index is 12.4. The molecule has 3 rings (SSSR count). The fourth-order valence-electron chi connectivity index (χ4n) is 2.88. The molecule has 0 radical (unpaired) electrons. The normalized spacial score (nSPS) is 15.6. The molecule has 1 aliphatic heterocycles. The van der Waals surface area contributed by atoms with E-state index in [2.05, 4.69) is 10.00 Å². The number of carbonyl (C=O) groups is 1. The van der Waals surface area contributed by atoms with Gasteiger partial charge in [0.25, 0.3) is 0 Å². The van der Waals surface area contributed by atoms with E-state index in [0.29, 0.717) is 34.7 Å². The molecule has 2 heterocycles. The minimum absolute atomic E-state index is 0.0505. The Morgan fingerprint density at radius 2 is 1.72 bits per heavy atom. The predicted molar refractivity (Wildman–Crippen MR) is 100 cm³/mol. The molecule has 1 fully saturated rings. The van der Waals surface area contributed by atoms with Gasteiger partial charge in [-0.15, -0.1) is 0 Å². The number of nitrogens with zero attached hydrogens (tertiary/aromatic N) is 4. The number of hydrogen-bond donors (Lipinski definition) is 0. The lowest BCUT2D eigenvalue weighted by Crippen LogP contribution is -2.49. The van der Waals surface area contributed by atoms with E-state index in [1.165, 1.54) is 0 Å². The Hall–Kier alpha value is -1.27. The zero-order chi connectivity index (χ0) is 18.0. The van der Waals surface area contributed by atoms with Crippen LogP contribution in [-0.2, 0) is 17.9 Å². The van der Waals surface area contributed by atoms with E-state index in [9.17, 15) is 4.79 Å². The van der Waals surface area contributed by atoms with Gasteiger partial charge < -0.3 is 4.90 Å². The fourth-order valence-corrected chi connectivity index (χ4v) is 3.54. The Kier molecular flexibility index (Phi) is 5.89. The smallest absolute Gasteiger partial charge is 0.244 e. The van der Waals surface area contributed by atoms with E-state index < -0.39 is 0 Å². The molecule has 0 N–H and O–H groups in total. The summed E-state index contributed by atoms with van der Waals surface area (Å²) in [5.74, 6) is 0.0505. The van der Waals surface area contributed by atoms with Gasteiger partial charge in [0.2, 0.25) is 5.91 Å². The van der Waals surface area contributed by atoms with Gasteiger partial charge >= 0.3 is 0 Å². The Morgan fingerprint density at radius 3 is 2.28 bits per heavy atom. The van der Waals surface area contributed by atoms with Crippen molar-refractivity contribution < 1.29 is 4.79 Å². The lowest BCUT2D eigenvalue weighted by atomic mass is 10.2. The molecule has 0 bridgehead atoms. The first-order chi connectivity index (χ1) is 11.9. The minimum Gasteiger partial charge on any atom is -0.339 e. The summed E-state index contributed by atoms with van der Waals surface area (Å²) in [5, 5.41) is 6.17. The molecule has 0 atom stereocenters. The summed E-state index contributed by atoms with van der Waals surface area (Å²) in [6.45, 7) is 5.64. The van der Waals surface area contributed by atoms with Crippen molar-refractivity contribution >= 4 is 40.7 Å². The number of aromatic nitrogens is 2. The van der Waals surface area contributed by atoms with Crippen LogP contribution in [0.4, 0.5) is 0 Å². The summed E-state index contributed by atoms with van der Waals surface area (Å²) < 4.78 is 1.59. The van der Waals surface area contributed by atoms with Gasteiger partial charge in [0.05, 0.1) is 10.7 Å². The molecule has 0 saturated carbocycles. The molecule has 5 nitrogen and oxygen atoms in total. The molecule has 0 spiro atoms. The summed E-state index contributed by atoms with van der Waals surface area (Å²) in [4.78, 5) is 16.5. The molecule has 0 aliphatic carbocycles. The first-order valence-corrected chi connectivity index (χ1v) is 9.20. The van der Waals surface area contributed by atoms with Crippen LogP contribution in [0.1, 0.15) is 11.3 Å². The van der Waals surface area contributed by atoms with Gasteiger partial charge in [0.1, 0.15) is 6.54 Å². The van der Waals surface area contributed by atoms with E-state index in [4.69, 9.17) is 34.8 Å². The van der Waals surface area contributed by atoms with Gasteiger partial charge in [-0.2, -0.15) is 5.10 Å². The first-order valence-electron chi connectivity index (χ1n) is 8.06. The van der Waals surface area contributed by atoms with Crippen LogP contribution >= 0.6 is 34.8 Å². The Labute approximate surface area is 162 Å². The van der Waals surface area contributed by atoms with Crippen LogP contribution in [0.15, 0.2) is 24.4 Å². The van der Waals surface area contributed by atoms with Crippen LogP contribution in [0.2, 0.25) is 15.1 Å². The maximum atomic E-state index is 12.4. The van der Waals surface area contributed by atoms with Crippen LogP contribution in [0.5, 0.6) is 0 Å². The van der Waals surface area contributed by atoms with Crippen molar-refractivity contribution in [3.05, 3.63) is 50.7 Å². The van der Waals surface area contributed by atoms with Crippen molar-refractivity contribution in [3.8, 4) is 0 Å². The maximum Gasteiger partial charge on any atom is 0.244 e. The molecule has 8 heteroatoms. The van der Waals surface area contributed by atoms with Gasteiger partial charge in [-0.3, -0.25) is 14.4 Å². The molecular weight excluding hydrogens is 383 g/mol. The zero-order valence-electron chi connectivity index (χ0n) is 13.9. The molecule has 1 saturated heterocycles. The highest BCUT2D eigenvalue weighted by Crippen LogP contribution is 2.26. The van der Waals surface area contributed by atoms with Crippen molar-refractivity contribution in [1.82, 2.24) is 19.6 Å². The van der Waals surface area contributed by atoms with Gasteiger partial charge in [0.15, 0.2) is 0 Å². The second-order valence-corrected chi connectivity index (χ2v) is 7.34. The summed E-state index contributed by atoms with van der Waals surface area (Å²) in [6, 6.07) is 5.54. The van der Waals surface area contributed by atoms with Crippen molar-refractivity contribution in [2.24, 2.45) is 0 Å². The molecule has 25 heavy (non-hydrogen) atoms. The van der Waals surface area contributed by atoms with E-state index in [-0.39, 0.29) is 12.5 Å². The molecule has 2 aromatic rings. The summed E-state index contributed by atoms with van der Waals surface area (Å²) in [6.07, 6.45) is 1.68. The Bertz CT molecular complexity index is 729. The number of rotatable bonds is 4. The third-order valence-electron chi connectivity index (χ3n) is 4.35. The number of halogens is 3. The van der Waals surface area contributed by atoms with Crippen LogP contribution < -0.4 is 0 Å². The summed E-state index contributed by atoms with van der Waals surface area (Å²) in [5.41, 5.74) is 1.67. The minimum atomic E-state index is 0.0505. The van der Waals surface area contributed by atoms with Crippen LogP contribution in [0.3, 0.4) is 0 Å². The first kappa shape index (κ1) is 18.5. The number of hydrogen-bond acceptors (Lipinski definition) is 3. The van der Waals surface area contributed by atoms with Gasteiger partial charge in [-0.25, -0.2) is 0 Å². The zero-order valence-corrected chi connectivity index (χ0v) is 16.2. The average molecular weight is 402 g/mol. The third kappa shape index (κ3) is 4.47. The van der Waals surface area contributed by atoms with Gasteiger partial charge in [-0.1, -0.05) is 40.9 Å². The highest BCUT2D eigenvalue weighted by molar-refractivity contribution is 6.36. The van der Waals surface area contributed by atoms with Crippen molar-refractivity contribution in [1.29, 1.82) is 0 Å². The standard InChI is InChI=1S/C17H19Cl3N4O/c1-12-16(20)10-24(21-12)11-17(25)23-7-5-22(6-8-23)9-13-14(18)3-2-4-15(13)19/h2-4,10H,5-9,11H2,1H3. The monoisotopic (exact) mass is 400 g/mol. The molecule has 1 amide bonds. The largest absolute Gasteiger partial charge is 0.339 e. The topological polar surface area (TPSA) is 41.4 Å². The second kappa shape index (κ2) is 7.96. The Balaban J connectivity index is 1.54. The summed E-state index contributed by atoms with van der Waals surface area (Å²) in [7, 11) is 0. The van der Waals surface area contributed by atoms with Gasteiger partial charge in [0, 0.05) is 54.5 Å². The number of carbonyl (C=O) groups excluding carboxylic acids is 1. The van der Waals surface area contributed by atoms with Crippen LogP contribution in [0.25, 0.3) is 0 Å². The van der Waals surface area contributed by atoms with Crippen LogP contribution in [-0.4, -0.2) is 51.7 Å². The van der Waals surface area contributed by atoms with Gasteiger partial charge in [-0.05, 0) is 19.1 Å². The quantitative estimate of drug-likeness (QED) is 0.787. The fraction of sp³-hybridized carbons (Fsp3) is 0.412. The van der Waals surface area contributed by atoms with E-state index in [1.807, 2.05) is 30.0 Å². The predicted octanol–water partition coefficient (Wildman–Crippen LogP) is 3.50. The number of amides is 1. The molecule has 134 valence electrons. The van der Waals surface area contributed by atoms with Crippen molar-refractivity contribution in [2.45, 2.75) is 20.0 Å². The lowest BCUT2D eigenvalue weighted by molar-refractivity contribution is -0.133. The molecular formula is C17H19Cl3N4O. The molecule has 1 aromatic heterocycles. The van der Waals surface area contributed by atoms with Crippen molar-refractivity contribution in [3.63, 3.8) is 0 Å². The lowest BCUT2D eigenvalue weighted by Gasteiger charge is -2.35. The van der Waals surface area contributed by atoms with E-state index in [0.717, 1.165) is 24.3 Å². The highest BCUT2D eigenvalue weighted by atomic mass is 35.5. The third-order valence-corrected chi connectivity index (χ3v) is 5.43. The second-order valence-electron chi connectivity index (χ2n) is 6.12. The number of piperazine rings is 1. The SMILES string of the molecule is Cc1nn(CC(=O)N2CCN(Cc3c(Cl)cccc3Cl)CC2)cc1Cl. The molecule has 0 unspecified atom stereocenters. The number of benzene rings is 1. The van der Waals surface area contributed by atoms with E-state index >= 15 is 0 Å². The Morgan fingerprint density at radius 1 is 1.08 bits per heavy atom. The average Bonchev–Trinajstić information content (AvgIpc) is 2.89. The molecule has 1 aliphatic rings. The highest BCUT2D eigenvalue weighted by Gasteiger charge is 2.22. The van der Waals surface area contributed by atoms with E-state index in [1.54, 1.807) is 10.9 Å². The van der Waals surface area contributed by atoms with Crippen molar-refractivity contribution in [2.75, 3.05) is 26.2 Å². The number of aryl methyl sites for hydroxylation is 1.